The molecule has 0 unspecified atom stereocenters. The highest BCUT2D eigenvalue weighted by atomic mass is 16.5. The fraction of sp³-hybridized carbons (Fsp3) is 0.320. The molecular formula is C25H30N6O4. The van der Waals surface area contributed by atoms with E-state index in [0.717, 1.165) is 0 Å². The van der Waals surface area contributed by atoms with Crippen LogP contribution >= 0.6 is 0 Å². The molecule has 1 heterocycles. The van der Waals surface area contributed by atoms with Crippen LogP contribution in [0.2, 0.25) is 0 Å². The molecule has 0 radical (unpaired) electrons. The van der Waals surface area contributed by atoms with E-state index >= 15 is 0 Å². The summed E-state index contributed by atoms with van der Waals surface area (Å²) in [6.45, 7) is 10.2. The first-order valence-corrected chi connectivity index (χ1v) is 11.6. The van der Waals surface area contributed by atoms with Gasteiger partial charge in [0.2, 0.25) is 5.95 Å². The van der Waals surface area contributed by atoms with Crippen molar-refractivity contribution in [3.05, 3.63) is 59.7 Å². The highest BCUT2D eigenvalue weighted by Crippen LogP contribution is 2.25. The first kappa shape index (κ1) is 25.4. The maximum atomic E-state index is 12.0. The highest BCUT2D eigenvalue weighted by Gasteiger charge is 2.15. The van der Waals surface area contributed by atoms with Gasteiger partial charge in [0.1, 0.15) is 11.5 Å². The zero-order valence-electron chi connectivity index (χ0n) is 20.4. The van der Waals surface area contributed by atoms with E-state index in [2.05, 4.69) is 25.6 Å². The molecule has 1 aromatic heterocycles. The zero-order valence-corrected chi connectivity index (χ0v) is 20.4. The van der Waals surface area contributed by atoms with Crippen molar-refractivity contribution in [3.8, 4) is 23.5 Å². The van der Waals surface area contributed by atoms with E-state index < -0.39 is 0 Å². The topological polar surface area (TPSA) is 119 Å². The lowest BCUT2D eigenvalue weighted by molar-refractivity contribution is 0.0947. The SMILES string of the molecule is CCNC(=O)c1ccc(Oc2nc(Oc3ccc(C(=O)NCC)cc3)nc(N(CC)CC)n2)cc1. The number of carbonyl (C=O) groups is 2. The van der Waals surface area contributed by atoms with E-state index in [1.165, 1.54) is 0 Å². The molecule has 0 aliphatic rings. The van der Waals surface area contributed by atoms with Gasteiger partial charge in [0.05, 0.1) is 0 Å². The van der Waals surface area contributed by atoms with E-state index in [1.807, 2.05) is 32.6 Å². The Labute approximate surface area is 204 Å². The Hall–Kier alpha value is -4.21. The third-order valence-electron chi connectivity index (χ3n) is 4.95. The normalized spacial score (nSPS) is 10.4. The molecule has 10 heteroatoms. The number of ether oxygens (including phenoxy) is 2. The zero-order chi connectivity index (χ0) is 25.2. The largest absolute Gasteiger partial charge is 0.424 e. The summed E-state index contributed by atoms with van der Waals surface area (Å²) >= 11 is 0. The molecule has 0 saturated carbocycles. The van der Waals surface area contributed by atoms with Gasteiger partial charge in [0.25, 0.3) is 11.8 Å². The molecule has 2 N–H and O–H groups in total. The second-order valence-electron chi connectivity index (χ2n) is 7.34. The van der Waals surface area contributed by atoms with Gasteiger partial charge in [0, 0.05) is 37.3 Å². The van der Waals surface area contributed by atoms with E-state index in [4.69, 9.17) is 9.47 Å². The number of anilines is 1. The lowest BCUT2D eigenvalue weighted by Crippen LogP contribution is -2.24. The predicted octanol–water partition coefficient (Wildman–Crippen LogP) is 3.80. The third-order valence-corrected chi connectivity index (χ3v) is 4.95. The fourth-order valence-electron chi connectivity index (χ4n) is 3.15. The summed E-state index contributed by atoms with van der Waals surface area (Å²) in [4.78, 5) is 39.1. The van der Waals surface area contributed by atoms with Crippen LogP contribution in [0.1, 0.15) is 48.4 Å². The molecule has 0 bridgehead atoms. The minimum absolute atomic E-state index is 0.0570. The number of benzene rings is 2. The molecule has 35 heavy (non-hydrogen) atoms. The van der Waals surface area contributed by atoms with Crippen molar-refractivity contribution >= 4 is 17.8 Å². The van der Waals surface area contributed by atoms with Gasteiger partial charge in [-0.3, -0.25) is 9.59 Å². The van der Waals surface area contributed by atoms with Gasteiger partial charge in [-0.25, -0.2) is 0 Å². The van der Waals surface area contributed by atoms with E-state index in [0.29, 0.717) is 54.8 Å². The Morgan fingerprint density at radius 1 is 0.686 bits per heavy atom. The number of nitrogens with zero attached hydrogens (tertiary/aromatic N) is 4. The monoisotopic (exact) mass is 478 g/mol. The number of nitrogens with one attached hydrogen (secondary N) is 2. The van der Waals surface area contributed by atoms with Crippen LogP contribution in [0.5, 0.6) is 23.5 Å². The molecule has 2 aromatic carbocycles. The summed E-state index contributed by atoms with van der Waals surface area (Å²) in [5.41, 5.74) is 1.05. The van der Waals surface area contributed by atoms with Crippen molar-refractivity contribution in [3.63, 3.8) is 0 Å². The van der Waals surface area contributed by atoms with Crippen LogP contribution in [0.15, 0.2) is 48.5 Å². The maximum absolute atomic E-state index is 12.0. The van der Waals surface area contributed by atoms with Gasteiger partial charge < -0.3 is 25.0 Å². The summed E-state index contributed by atoms with van der Waals surface area (Å²) in [5.74, 6) is 1.03. The molecule has 0 fully saturated rings. The van der Waals surface area contributed by atoms with Crippen molar-refractivity contribution in [1.82, 2.24) is 25.6 Å². The number of rotatable bonds is 11. The fourth-order valence-corrected chi connectivity index (χ4v) is 3.15. The van der Waals surface area contributed by atoms with Crippen LogP contribution in [-0.4, -0.2) is 52.9 Å². The average molecular weight is 479 g/mol. The quantitative estimate of drug-likeness (QED) is 0.427. The smallest absolute Gasteiger partial charge is 0.330 e. The molecule has 0 aliphatic heterocycles. The number of hydrogen-bond acceptors (Lipinski definition) is 8. The Bertz CT molecular complexity index is 1050. The Morgan fingerprint density at radius 3 is 1.43 bits per heavy atom. The van der Waals surface area contributed by atoms with Crippen LogP contribution in [0.3, 0.4) is 0 Å². The van der Waals surface area contributed by atoms with Crippen molar-refractivity contribution in [1.29, 1.82) is 0 Å². The summed E-state index contributed by atoms with van der Waals surface area (Å²) in [5, 5.41) is 5.51. The van der Waals surface area contributed by atoms with Gasteiger partial charge in [-0.1, -0.05) is 0 Å². The predicted molar refractivity (Wildman–Crippen MR) is 132 cm³/mol. The maximum Gasteiger partial charge on any atom is 0.330 e. The number of hydrogen-bond donors (Lipinski definition) is 2. The van der Waals surface area contributed by atoms with E-state index in [-0.39, 0.29) is 23.8 Å². The summed E-state index contributed by atoms with van der Waals surface area (Å²) in [7, 11) is 0. The van der Waals surface area contributed by atoms with Gasteiger partial charge >= 0.3 is 12.0 Å². The summed E-state index contributed by atoms with van der Waals surface area (Å²) in [6, 6.07) is 13.5. The van der Waals surface area contributed by atoms with E-state index in [9.17, 15) is 9.59 Å². The van der Waals surface area contributed by atoms with Crippen molar-refractivity contribution in [2.75, 3.05) is 31.1 Å². The Kier molecular flexibility index (Phi) is 8.94. The molecule has 0 atom stereocenters. The molecule has 0 saturated heterocycles. The minimum atomic E-state index is -0.156. The molecular weight excluding hydrogens is 448 g/mol. The molecule has 3 rings (SSSR count). The van der Waals surface area contributed by atoms with Gasteiger partial charge in [-0.15, -0.1) is 4.98 Å². The Morgan fingerprint density at radius 2 is 1.09 bits per heavy atom. The van der Waals surface area contributed by atoms with Crippen molar-refractivity contribution < 1.29 is 19.1 Å². The van der Waals surface area contributed by atoms with Crippen LogP contribution in [0, 0.1) is 0 Å². The number of carbonyl (C=O) groups excluding carboxylic acids is 2. The van der Waals surface area contributed by atoms with Crippen LogP contribution in [-0.2, 0) is 0 Å². The molecule has 184 valence electrons. The molecule has 10 nitrogen and oxygen atoms in total. The molecule has 0 spiro atoms. The highest BCUT2D eigenvalue weighted by molar-refractivity contribution is 5.94. The lowest BCUT2D eigenvalue weighted by Gasteiger charge is -2.19. The second kappa shape index (κ2) is 12.3. The van der Waals surface area contributed by atoms with E-state index in [1.54, 1.807) is 48.5 Å². The number of amides is 2. The average Bonchev–Trinajstić information content (AvgIpc) is 2.86. The summed E-state index contributed by atoms with van der Waals surface area (Å²) < 4.78 is 11.7. The third kappa shape index (κ3) is 6.89. The van der Waals surface area contributed by atoms with Gasteiger partial charge in [-0.2, -0.15) is 9.97 Å². The minimum Gasteiger partial charge on any atom is -0.424 e. The van der Waals surface area contributed by atoms with Gasteiger partial charge in [-0.05, 0) is 76.2 Å². The second-order valence-corrected chi connectivity index (χ2v) is 7.34. The molecule has 3 aromatic rings. The van der Waals surface area contributed by atoms with Crippen LogP contribution < -0.4 is 25.0 Å². The van der Waals surface area contributed by atoms with Crippen molar-refractivity contribution in [2.45, 2.75) is 27.7 Å². The van der Waals surface area contributed by atoms with Crippen LogP contribution in [0.4, 0.5) is 5.95 Å². The first-order valence-electron chi connectivity index (χ1n) is 11.6. The number of aromatic nitrogens is 3. The van der Waals surface area contributed by atoms with Crippen molar-refractivity contribution in [2.24, 2.45) is 0 Å². The van der Waals surface area contributed by atoms with Crippen LogP contribution in [0.25, 0.3) is 0 Å². The summed E-state index contributed by atoms with van der Waals surface area (Å²) in [6.07, 6.45) is 0. The lowest BCUT2D eigenvalue weighted by atomic mass is 10.2. The molecule has 0 aliphatic carbocycles. The first-order chi connectivity index (χ1) is 17.0. The Balaban J connectivity index is 1.84. The van der Waals surface area contributed by atoms with Gasteiger partial charge in [0.15, 0.2) is 0 Å². The molecule has 2 amide bonds. The standard InChI is InChI=1S/C25H30N6O4/c1-5-26-21(32)17-9-13-19(14-10-17)34-24-28-23(31(7-3)8-4)29-25(30-24)35-20-15-11-18(12-16-20)22(33)27-6-2/h9-16H,5-8H2,1-4H3,(H,26,32)(H,27,33).